The van der Waals surface area contributed by atoms with Crippen molar-refractivity contribution >= 4 is 5.91 Å². The van der Waals surface area contributed by atoms with Gasteiger partial charge in [-0.1, -0.05) is 6.42 Å². The molecule has 5 nitrogen and oxygen atoms in total. The fourth-order valence-electron chi connectivity index (χ4n) is 3.50. The number of ether oxygens (including phenoxy) is 1. The number of hydrogen-bond donors (Lipinski definition) is 1. The predicted molar refractivity (Wildman–Crippen MR) is 75.4 cm³/mol. The van der Waals surface area contributed by atoms with Crippen molar-refractivity contribution in [1.82, 2.24) is 9.80 Å². The number of β-amino-alcohol motifs (C(OH)–C–C–N with tert-alkyl or cyclic N) is 1. The molecule has 2 aliphatic heterocycles. The van der Waals surface area contributed by atoms with Crippen molar-refractivity contribution in [2.24, 2.45) is 5.92 Å². The molecule has 0 aromatic heterocycles. The summed E-state index contributed by atoms with van der Waals surface area (Å²) in [7, 11) is 0. The Kier molecular flexibility index (Phi) is 4.29. The van der Waals surface area contributed by atoms with Gasteiger partial charge in [-0.15, -0.1) is 0 Å². The molecule has 1 N–H and O–H groups in total. The maximum atomic E-state index is 12.6. The average Bonchev–Trinajstić information content (AvgIpc) is 2.40. The van der Waals surface area contributed by atoms with Crippen molar-refractivity contribution in [3.63, 3.8) is 0 Å². The van der Waals surface area contributed by atoms with Gasteiger partial charge in [0.1, 0.15) is 0 Å². The Labute approximate surface area is 120 Å². The first-order valence-electron chi connectivity index (χ1n) is 7.99. The van der Waals surface area contributed by atoms with Gasteiger partial charge in [-0.05, 0) is 31.6 Å². The monoisotopic (exact) mass is 282 g/mol. The van der Waals surface area contributed by atoms with Gasteiger partial charge < -0.3 is 14.7 Å². The number of carbonyl (C=O) groups is 1. The number of piperidine rings is 1. The molecule has 2 saturated heterocycles. The molecule has 1 amide bonds. The van der Waals surface area contributed by atoms with Crippen LogP contribution in [0.2, 0.25) is 0 Å². The zero-order valence-electron chi connectivity index (χ0n) is 12.2. The second kappa shape index (κ2) is 6.00. The lowest BCUT2D eigenvalue weighted by molar-refractivity contribution is -0.162. The summed E-state index contributed by atoms with van der Waals surface area (Å²) >= 11 is 0. The molecular formula is C15H26N2O3. The number of aliphatic hydroxyl groups is 1. The summed E-state index contributed by atoms with van der Waals surface area (Å²) in [6.45, 7) is 5.18. The van der Waals surface area contributed by atoms with Crippen LogP contribution in [0.15, 0.2) is 0 Å². The van der Waals surface area contributed by atoms with E-state index in [-0.39, 0.29) is 5.91 Å². The third-order valence-corrected chi connectivity index (χ3v) is 5.00. The lowest BCUT2D eigenvalue weighted by Crippen LogP contribution is -2.60. The maximum absolute atomic E-state index is 12.6. The van der Waals surface area contributed by atoms with Crippen LogP contribution >= 0.6 is 0 Å². The Morgan fingerprint density at radius 2 is 1.95 bits per heavy atom. The second-order valence-electron chi connectivity index (χ2n) is 6.57. The minimum atomic E-state index is -1.17. The summed E-state index contributed by atoms with van der Waals surface area (Å²) in [5, 5.41) is 10.8. The molecule has 2 heterocycles. The molecule has 0 bridgehead atoms. The van der Waals surface area contributed by atoms with E-state index in [4.69, 9.17) is 4.74 Å². The Morgan fingerprint density at radius 1 is 1.20 bits per heavy atom. The van der Waals surface area contributed by atoms with E-state index in [1.807, 2.05) is 4.90 Å². The highest BCUT2D eigenvalue weighted by atomic mass is 16.5. The van der Waals surface area contributed by atoms with E-state index in [0.717, 1.165) is 32.6 Å². The van der Waals surface area contributed by atoms with Gasteiger partial charge in [0.15, 0.2) is 5.60 Å². The molecule has 0 spiro atoms. The smallest absolute Gasteiger partial charge is 0.255 e. The van der Waals surface area contributed by atoms with Crippen LogP contribution in [-0.4, -0.2) is 72.4 Å². The molecule has 1 saturated carbocycles. The first-order valence-corrected chi connectivity index (χ1v) is 7.99. The van der Waals surface area contributed by atoms with E-state index >= 15 is 0 Å². The standard InChI is InChI=1S/C15H26N2O3/c18-14-15(19,12-16-7-9-20-10-8-16)5-2-6-17(14)11-13-3-1-4-13/h13,19H,1-12H2/t15-/m1/s1. The van der Waals surface area contributed by atoms with Crippen molar-refractivity contribution in [1.29, 1.82) is 0 Å². The first kappa shape index (κ1) is 14.3. The Hall–Kier alpha value is -0.650. The summed E-state index contributed by atoms with van der Waals surface area (Å²) in [6.07, 6.45) is 5.30. The molecule has 0 radical (unpaired) electrons. The topological polar surface area (TPSA) is 53.0 Å². The van der Waals surface area contributed by atoms with E-state index in [1.54, 1.807) is 0 Å². The molecule has 20 heavy (non-hydrogen) atoms. The minimum Gasteiger partial charge on any atom is -0.379 e. The van der Waals surface area contributed by atoms with Gasteiger partial charge in [0.05, 0.1) is 13.2 Å². The minimum absolute atomic E-state index is 0.0397. The van der Waals surface area contributed by atoms with Crippen LogP contribution in [0, 0.1) is 5.92 Å². The van der Waals surface area contributed by atoms with Crippen molar-refractivity contribution < 1.29 is 14.6 Å². The number of nitrogens with zero attached hydrogens (tertiary/aromatic N) is 2. The normalized spacial score (nSPS) is 33.2. The van der Waals surface area contributed by atoms with Crippen LogP contribution in [-0.2, 0) is 9.53 Å². The maximum Gasteiger partial charge on any atom is 0.255 e. The van der Waals surface area contributed by atoms with Gasteiger partial charge in [0, 0.05) is 32.7 Å². The lowest BCUT2D eigenvalue weighted by atomic mass is 9.83. The highest BCUT2D eigenvalue weighted by molar-refractivity contribution is 5.86. The predicted octanol–water partition coefficient (Wildman–Crippen LogP) is 0.472. The lowest BCUT2D eigenvalue weighted by Gasteiger charge is -2.43. The molecular weight excluding hydrogens is 256 g/mol. The molecule has 0 aromatic rings. The van der Waals surface area contributed by atoms with Gasteiger partial charge in [-0.3, -0.25) is 9.69 Å². The Balaban J connectivity index is 1.59. The molecule has 0 unspecified atom stereocenters. The third kappa shape index (κ3) is 3.00. The number of morpholine rings is 1. The average molecular weight is 282 g/mol. The van der Waals surface area contributed by atoms with E-state index in [2.05, 4.69) is 4.90 Å². The molecule has 3 rings (SSSR count). The summed E-state index contributed by atoms with van der Waals surface area (Å²) < 4.78 is 5.33. The molecule has 114 valence electrons. The summed E-state index contributed by atoms with van der Waals surface area (Å²) in [6, 6.07) is 0. The van der Waals surface area contributed by atoms with Crippen molar-refractivity contribution in [2.45, 2.75) is 37.7 Å². The Morgan fingerprint density at radius 3 is 2.60 bits per heavy atom. The van der Waals surface area contributed by atoms with Gasteiger partial charge in [0.2, 0.25) is 0 Å². The molecule has 0 aromatic carbocycles. The van der Waals surface area contributed by atoms with Crippen molar-refractivity contribution in [2.75, 3.05) is 45.9 Å². The second-order valence-corrected chi connectivity index (χ2v) is 6.57. The molecule has 1 atom stereocenters. The van der Waals surface area contributed by atoms with Crippen LogP contribution < -0.4 is 0 Å². The van der Waals surface area contributed by atoms with Gasteiger partial charge in [-0.2, -0.15) is 0 Å². The number of amides is 1. The van der Waals surface area contributed by atoms with Crippen LogP contribution in [0.4, 0.5) is 0 Å². The van der Waals surface area contributed by atoms with E-state index in [0.29, 0.717) is 32.1 Å². The first-order chi connectivity index (χ1) is 9.67. The number of carbonyl (C=O) groups excluding carboxylic acids is 1. The quantitative estimate of drug-likeness (QED) is 0.814. The van der Waals surface area contributed by atoms with Gasteiger partial charge in [0.25, 0.3) is 5.91 Å². The van der Waals surface area contributed by atoms with Gasteiger partial charge in [-0.25, -0.2) is 0 Å². The van der Waals surface area contributed by atoms with Crippen LogP contribution in [0.5, 0.6) is 0 Å². The van der Waals surface area contributed by atoms with Crippen LogP contribution in [0.1, 0.15) is 32.1 Å². The molecule has 1 aliphatic carbocycles. The zero-order chi connectivity index (χ0) is 14.0. The molecule has 5 heteroatoms. The largest absolute Gasteiger partial charge is 0.379 e. The van der Waals surface area contributed by atoms with E-state index in [1.165, 1.54) is 19.3 Å². The van der Waals surface area contributed by atoms with E-state index in [9.17, 15) is 9.90 Å². The number of likely N-dealkylation sites (tertiary alicyclic amines) is 1. The van der Waals surface area contributed by atoms with Gasteiger partial charge >= 0.3 is 0 Å². The fraction of sp³-hybridized carbons (Fsp3) is 0.933. The molecule has 3 fully saturated rings. The highest BCUT2D eigenvalue weighted by Gasteiger charge is 2.44. The van der Waals surface area contributed by atoms with Crippen LogP contribution in [0.3, 0.4) is 0 Å². The van der Waals surface area contributed by atoms with Crippen LogP contribution in [0.25, 0.3) is 0 Å². The third-order valence-electron chi connectivity index (χ3n) is 5.00. The SMILES string of the molecule is O=C1N(CC2CCC2)CCC[C@@]1(O)CN1CCOCC1. The summed E-state index contributed by atoms with van der Waals surface area (Å²) in [5.41, 5.74) is -1.17. The Bertz CT molecular complexity index is 353. The summed E-state index contributed by atoms with van der Waals surface area (Å²) in [5.74, 6) is 0.631. The molecule has 3 aliphatic rings. The summed E-state index contributed by atoms with van der Waals surface area (Å²) in [4.78, 5) is 16.7. The van der Waals surface area contributed by atoms with E-state index < -0.39 is 5.60 Å². The fourth-order valence-corrected chi connectivity index (χ4v) is 3.50. The highest BCUT2D eigenvalue weighted by Crippen LogP contribution is 2.30. The van der Waals surface area contributed by atoms with Crippen molar-refractivity contribution in [3.8, 4) is 0 Å². The van der Waals surface area contributed by atoms with Crippen molar-refractivity contribution in [3.05, 3.63) is 0 Å². The number of rotatable bonds is 4. The zero-order valence-corrected chi connectivity index (χ0v) is 12.2. The number of hydrogen-bond acceptors (Lipinski definition) is 4.